The lowest BCUT2D eigenvalue weighted by Gasteiger charge is -2.14. The number of hydrogen-bond donors (Lipinski definition) is 1. The molecule has 3 heteroatoms. The van der Waals surface area contributed by atoms with Gasteiger partial charge >= 0.3 is 0 Å². The van der Waals surface area contributed by atoms with E-state index in [2.05, 4.69) is 10.2 Å². The zero-order valence-corrected chi connectivity index (χ0v) is 13.1. The summed E-state index contributed by atoms with van der Waals surface area (Å²) in [7, 11) is 0. The second-order valence-electron chi connectivity index (χ2n) is 6.04. The highest BCUT2D eigenvalue weighted by Crippen LogP contribution is 2.18. The van der Waals surface area contributed by atoms with Crippen LogP contribution in [0, 0.1) is 0 Å². The lowest BCUT2D eigenvalue weighted by molar-refractivity contribution is 0.0954. The number of benzene rings is 2. The van der Waals surface area contributed by atoms with Crippen molar-refractivity contribution >= 4 is 16.7 Å². The summed E-state index contributed by atoms with van der Waals surface area (Å²) < 4.78 is 0. The molecule has 0 saturated carbocycles. The van der Waals surface area contributed by atoms with Gasteiger partial charge in [0.05, 0.1) is 0 Å². The Balaban J connectivity index is 1.48. The standard InChI is InChI=1S/C19H24N2O/c22-19(20-12-3-4-13-21-14-5-6-15-21)18-11-7-9-16-8-1-2-10-17(16)18/h1-2,7-11H,3-6,12-15H2,(H,20,22). The molecule has 1 aliphatic heterocycles. The highest BCUT2D eigenvalue weighted by atomic mass is 16.1. The quantitative estimate of drug-likeness (QED) is 0.828. The van der Waals surface area contributed by atoms with E-state index in [1.807, 2.05) is 42.5 Å². The van der Waals surface area contributed by atoms with Crippen molar-refractivity contribution in [2.24, 2.45) is 0 Å². The molecular formula is C19H24N2O. The first-order chi connectivity index (χ1) is 10.8. The number of unbranched alkanes of at least 4 members (excludes halogenated alkanes) is 1. The third-order valence-electron chi connectivity index (χ3n) is 4.42. The van der Waals surface area contributed by atoms with Crippen LogP contribution in [0.1, 0.15) is 36.0 Å². The molecule has 1 saturated heterocycles. The summed E-state index contributed by atoms with van der Waals surface area (Å²) >= 11 is 0. The first-order valence-corrected chi connectivity index (χ1v) is 8.33. The van der Waals surface area contributed by atoms with Crippen LogP contribution in [0.3, 0.4) is 0 Å². The van der Waals surface area contributed by atoms with E-state index < -0.39 is 0 Å². The second kappa shape index (κ2) is 7.41. The van der Waals surface area contributed by atoms with Crippen LogP contribution in [-0.4, -0.2) is 37.0 Å². The fourth-order valence-electron chi connectivity index (χ4n) is 3.19. The van der Waals surface area contributed by atoms with Gasteiger partial charge in [-0.05, 0) is 62.2 Å². The van der Waals surface area contributed by atoms with E-state index in [-0.39, 0.29) is 5.91 Å². The highest BCUT2D eigenvalue weighted by Gasteiger charge is 2.11. The molecule has 0 radical (unpaired) electrons. The average molecular weight is 296 g/mol. The summed E-state index contributed by atoms with van der Waals surface area (Å²) in [5.74, 6) is 0.0398. The van der Waals surface area contributed by atoms with E-state index in [1.54, 1.807) is 0 Å². The summed E-state index contributed by atoms with van der Waals surface area (Å²) in [6, 6.07) is 13.9. The van der Waals surface area contributed by atoms with E-state index in [4.69, 9.17) is 0 Å². The number of rotatable bonds is 6. The number of carbonyl (C=O) groups excluding carboxylic acids is 1. The molecule has 0 spiro atoms. The minimum atomic E-state index is 0.0398. The smallest absolute Gasteiger partial charge is 0.251 e. The van der Waals surface area contributed by atoms with E-state index in [0.29, 0.717) is 0 Å². The molecule has 0 atom stereocenters. The topological polar surface area (TPSA) is 32.3 Å². The molecule has 1 aliphatic rings. The van der Waals surface area contributed by atoms with Crippen molar-refractivity contribution in [3.05, 3.63) is 48.0 Å². The largest absolute Gasteiger partial charge is 0.352 e. The van der Waals surface area contributed by atoms with Crippen LogP contribution in [-0.2, 0) is 0 Å². The Labute approximate surface area is 132 Å². The summed E-state index contributed by atoms with van der Waals surface area (Å²) in [5, 5.41) is 5.20. The molecule has 0 aliphatic carbocycles. The van der Waals surface area contributed by atoms with E-state index >= 15 is 0 Å². The minimum absolute atomic E-state index is 0.0398. The van der Waals surface area contributed by atoms with Crippen molar-refractivity contribution in [1.29, 1.82) is 0 Å². The van der Waals surface area contributed by atoms with Crippen LogP contribution in [0.15, 0.2) is 42.5 Å². The zero-order chi connectivity index (χ0) is 15.2. The fraction of sp³-hybridized carbons (Fsp3) is 0.421. The number of fused-ring (bicyclic) bond motifs is 1. The maximum Gasteiger partial charge on any atom is 0.251 e. The molecule has 0 aromatic heterocycles. The van der Waals surface area contributed by atoms with Gasteiger partial charge in [-0.3, -0.25) is 4.79 Å². The van der Waals surface area contributed by atoms with Gasteiger partial charge in [-0.15, -0.1) is 0 Å². The minimum Gasteiger partial charge on any atom is -0.352 e. The molecule has 1 amide bonds. The number of nitrogens with zero attached hydrogens (tertiary/aromatic N) is 1. The predicted octanol–water partition coefficient (Wildman–Crippen LogP) is 3.45. The van der Waals surface area contributed by atoms with E-state index in [9.17, 15) is 4.79 Å². The van der Waals surface area contributed by atoms with Gasteiger partial charge in [0.15, 0.2) is 0 Å². The van der Waals surface area contributed by atoms with E-state index in [0.717, 1.165) is 35.7 Å². The Hall–Kier alpha value is -1.87. The number of likely N-dealkylation sites (tertiary alicyclic amines) is 1. The van der Waals surface area contributed by atoms with Gasteiger partial charge in [-0.25, -0.2) is 0 Å². The monoisotopic (exact) mass is 296 g/mol. The molecule has 0 unspecified atom stereocenters. The van der Waals surface area contributed by atoms with Crippen LogP contribution in [0.2, 0.25) is 0 Å². The van der Waals surface area contributed by atoms with Gasteiger partial charge in [0.25, 0.3) is 5.91 Å². The van der Waals surface area contributed by atoms with Crippen molar-refractivity contribution in [2.75, 3.05) is 26.2 Å². The van der Waals surface area contributed by atoms with Gasteiger partial charge < -0.3 is 10.2 Å². The highest BCUT2D eigenvalue weighted by molar-refractivity contribution is 6.06. The molecule has 1 heterocycles. The Kier molecular flexibility index (Phi) is 5.07. The van der Waals surface area contributed by atoms with Crippen molar-refractivity contribution in [1.82, 2.24) is 10.2 Å². The maximum atomic E-state index is 12.4. The Morgan fingerprint density at radius 1 is 1.00 bits per heavy atom. The van der Waals surface area contributed by atoms with Crippen molar-refractivity contribution in [3.8, 4) is 0 Å². The van der Waals surface area contributed by atoms with Crippen LogP contribution < -0.4 is 5.32 Å². The van der Waals surface area contributed by atoms with E-state index in [1.165, 1.54) is 32.5 Å². The Bertz CT molecular complexity index is 627. The molecule has 116 valence electrons. The first-order valence-electron chi connectivity index (χ1n) is 8.33. The molecule has 3 rings (SSSR count). The summed E-state index contributed by atoms with van der Waals surface area (Å²) in [6.07, 6.45) is 4.90. The fourth-order valence-corrected chi connectivity index (χ4v) is 3.19. The molecule has 1 fully saturated rings. The normalized spacial score (nSPS) is 15.3. The van der Waals surface area contributed by atoms with Gasteiger partial charge in [-0.2, -0.15) is 0 Å². The lowest BCUT2D eigenvalue weighted by atomic mass is 10.0. The van der Waals surface area contributed by atoms with Gasteiger partial charge in [0.2, 0.25) is 0 Å². The number of nitrogens with one attached hydrogen (secondary N) is 1. The van der Waals surface area contributed by atoms with Crippen molar-refractivity contribution in [3.63, 3.8) is 0 Å². The SMILES string of the molecule is O=C(NCCCCN1CCCC1)c1cccc2ccccc12. The molecule has 1 N–H and O–H groups in total. The predicted molar refractivity (Wildman–Crippen MR) is 91.2 cm³/mol. The van der Waals surface area contributed by atoms with Crippen LogP contribution in [0.25, 0.3) is 10.8 Å². The third kappa shape index (κ3) is 3.66. The molecule has 2 aromatic rings. The van der Waals surface area contributed by atoms with Gasteiger partial charge in [0, 0.05) is 12.1 Å². The van der Waals surface area contributed by atoms with Crippen LogP contribution >= 0.6 is 0 Å². The summed E-state index contributed by atoms with van der Waals surface area (Å²) in [5.41, 5.74) is 0.776. The van der Waals surface area contributed by atoms with Gasteiger partial charge in [-0.1, -0.05) is 36.4 Å². The zero-order valence-electron chi connectivity index (χ0n) is 13.1. The van der Waals surface area contributed by atoms with Crippen LogP contribution in [0.5, 0.6) is 0 Å². The summed E-state index contributed by atoms with van der Waals surface area (Å²) in [4.78, 5) is 14.9. The summed E-state index contributed by atoms with van der Waals surface area (Å²) in [6.45, 7) is 4.44. The molecule has 22 heavy (non-hydrogen) atoms. The number of amides is 1. The Morgan fingerprint density at radius 3 is 2.64 bits per heavy atom. The molecular weight excluding hydrogens is 272 g/mol. The number of hydrogen-bond acceptors (Lipinski definition) is 2. The molecule has 2 aromatic carbocycles. The first kappa shape index (κ1) is 15.0. The average Bonchev–Trinajstić information content (AvgIpc) is 3.07. The van der Waals surface area contributed by atoms with Gasteiger partial charge in [0.1, 0.15) is 0 Å². The second-order valence-corrected chi connectivity index (χ2v) is 6.04. The Morgan fingerprint density at radius 2 is 1.77 bits per heavy atom. The van der Waals surface area contributed by atoms with Crippen molar-refractivity contribution in [2.45, 2.75) is 25.7 Å². The third-order valence-corrected chi connectivity index (χ3v) is 4.42. The van der Waals surface area contributed by atoms with Crippen molar-refractivity contribution < 1.29 is 4.79 Å². The lowest BCUT2D eigenvalue weighted by Crippen LogP contribution is -2.26. The number of carbonyl (C=O) groups is 1. The molecule has 3 nitrogen and oxygen atoms in total. The molecule has 0 bridgehead atoms. The van der Waals surface area contributed by atoms with Crippen LogP contribution in [0.4, 0.5) is 0 Å². The maximum absolute atomic E-state index is 12.4.